The molecule has 1 aromatic carbocycles. The smallest absolute Gasteiger partial charge is 0.228 e. The molecule has 8 heteroatoms. The quantitative estimate of drug-likeness (QED) is 0.659. The molecular weight excluding hydrogens is 356 g/mol. The highest BCUT2D eigenvalue weighted by molar-refractivity contribution is 7.89. The fraction of sp³-hybridized carbons (Fsp3) is 0.611. The van der Waals surface area contributed by atoms with E-state index in [1.165, 1.54) is 4.31 Å². The molecule has 26 heavy (non-hydrogen) atoms. The highest BCUT2D eigenvalue weighted by atomic mass is 32.2. The number of anilines is 1. The van der Waals surface area contributed by atoms with Crippen LogP contribution in [0.15, 0.2) is 24.3 Å². The van der Waals surface area contributed by atoms with Gasteiger partial charge >= 0.3 is 0 Å². The zero-order valence-electron chi connectivity index (χ0n) is 15.4. The second kappa shape index (κ2) is 9.89. The van der Waals surface area contributed by atoms with Gasteiger partial charge in [-0.3, -0.25) is 4.79 Å². The van der Waals surface area contributed by atoms with E-state index in [1.807, 2.05) is 6.92 Å². The van der Waals surface area contributed by atoms with Crippen molar-refractivity contribution >= 4 is 21.6 Å². The maximum absolute atomic E-state index is 12.5. The lowest BCUT2D eigenvalue weighted by Crippen LogP contribution is -2.44. The van der Waals surface area contributed by atoms with Gasteiger partial charge in [0, 0.05) is 25.9 Å². The first-order valence-corrected chi connectivity index (χ1v) is 10.6. The number of benzene rings is 1. The second-order valence-corrected chi connectivity index (χ2v) is 8.46. The van der Waals surface area contributed by atoms with Crippen molar-refractivity contribution in [2.75, 3.05) is 44.5 Å². The van der Waals surface area contributed by atoms with E-state index in [2.05, 4.69) is 5.32 Å². The van der Waals surface area contributed by atoms with Gasteiger partial charge in [-0.15, -0.1) is 0 Å². The van der Waals surface area contributed by atoms with Crippen LogP contribution in [0.2, 0.25) is 0 Å². The molecule has 146 valence electrons. The normalized spacial score (nSPS) is 18.5. The number of methoxy groups -OCH3 is 1. The molecule has 1 fully saturated rings. The first-order valence-electron chi connectivity index (χ1n) is 8.96. The molecule has 1 aliphatic heterocycles. The highest BCUT2D eigenvalue weighted by Gasteiger charge is 2.31. The molecule has 0 aromatic heterocycles. The van der Waals surface area contributed by atoms with E-state index in [0.29, 0.717) is 50.5 Å². The monoisotopic (exact) mass is 384 g/mol. The standard InChI is InChI=1S/C18H28N2O5S/c1-3-13-26(22,23)20-10-4-5-15(14-20)18(21)19-16-6-8-17(9-7-16)25-12-11-24-2/h6-9,15H,3-5,10-14H2,1-2H3,(H,19,21). The third kappa shape index (κ3) is 5.96. The fourth-order valence-electron chi connectivity index (χ4n) is 2.92. The molecule has 1 heterocycles. The molecule has 0 aliphatic carbocycles. The van der Waals surface area contributed by atoms with Crippen LogP contribution in [0.25, 0.3) is 0 Å². The number of hydrogen-bond acceptors (Lipinski definition) is 5. The van der Waals surface area contributed by atoms with Crippen molar-refractivity contribution in [3.63, 3.8) is 0 Å². The number of sulfonamides is 1. The summed E-state index contributed by atoms with van der Waals surface area (Å²) in [5.41, 5.74) is 0.669. The fourth-order valence-corrected chi connectivity index (χ4v) is 4.51. The number of amides is 1. The summed E-state index contributed by atoms with van der Waals surface area (Å²) in [5.74, 6) is 0.364. The van der Waals surface area contributed by atoms with E-state index in [0.717, 1.165) is 0 Å². The summed E-state index contributed by atoms with van der Waals surface area (Å²) in [5, 5.41) is 2.87. The van der Waals surface area contributed by atoms with E-state index >= 15 is 0 Å². The minimum atomic E-state index is -3.26. The Labute approximate surface area is 155 Å². The molecule has 1 N–H and O–H groups in total. The van der Waals surface area contributed by atoms with Gasteiger partial charge in [-0.1, -0.05) is 6.92 Å². The van der Waals surface area contributed by atoms with Crippen molar-refractivity contribution in [1.29, 1.82) is 0 Å². The van der Waals surface area contributed by atoms with Crippen LogP contribution in [-0.2, 0) is 19.6 Å². The molecule has 0 bridgehead atoms. The van der Waals surface area contributed by atoms with Crippen LogP contribution in [0, 0.1) is 5.92 Å². The molecular formula is C18H28N2O5S. The molecule has 2 rings (SSSR count). The molecule has 1 aliphatic rings. The zero-order chi connectivity index (χ0) is 19.0. The topological polar surface area (TPSA) is 84.9 Å². The minimum Gasteiger partial charge on any atom is -0.491 e. The second-order valence-electron chi connectivity index (χ2n) is 6.37. The molecule has 1 atom stereocenters. The molecule has 1 aromatic rings. The molecule has 0 saturated carbocycles. The molecule has 7 nitrogen and oxygen atoms in total. The summed E-state index contributed by atoms with van der Waals surface area (Å²) in [6.45, 7) is 3.57. The van der Waals surface area contributed by atoms with Crippen LogP contribution in [0.5, 0.6) is 5.75 Å². The Hall–Kier alpha value is -1.64. The molecule has 1 unspecified atom stereocenters. The van der Waals surface area contributed by atoms with Crippen LogP contribution < -0.4 is 10.1 Å². The third-order valence-electron chi connectivity index (χ3n) is 4.29. The first kappa shape index (κ1) is 20.7. The van der Waals surface area contributed by atoms with Gasteiger partial charge in [-0.05, 0) is 43.5 Å². The van der Waals surface area contributed by atoms with Crippen molar-refractivity contribution in [1.82, 2.24) is 4.31 Å². The van der Waals surface area contributed by atoms with Crippen molar-refractivity contribution in [2.24, 2.45) is 5.92 Å². The highest BCUT2D eigenvalue weighted by Crippen LogP contribution is 2.22. The number of hydrogen-bond donors (Lipinski definition) is 1. The van der Waals surface area contributed by atoms with Gasteiger partial charge < -0.3 is 14.8 Å². The number of nitrogens with one attached hydrogen (secondary N) is 1. The Morgan fingerprint density at radius 1 is 1.27 bits per heavy atom. The number of carbonyl (C=O) groups is 1. The lowest BCUT2D eigenvalue weighted by atomic mass is 9.99. The van der Waals surface area contributed by atoms with E-state index in [4.69, 9.17) is 9.47 Å². The summed E-state index contributed by atoms with van der Waals surface area (Å²) in [4.78, 5) is 12.5. The minimum absolute atomic E-state index is 0.131. The molecule has 0 radical (unpaired) electrons. The summed E-state index contributed by atoms with van der Waals surface area (Å²) in [6, 6.07) is 7.11. The zero-order valence-corrected chi connectivity index (χ0v) is 16.3. The van der Waals surface area contributed by atoms with Gasteiger partial charge in [-0.25, -0.2) is 12.7 Å². The van der Waals surface area contributed by atoms with Crippen LogP contribution in [0.3, 0.4) is 0 Å². The Bertz CT molecular complexity index is 675. The van der Waals surface area contributed by atoms with Crippen molar-refractivity contribution < 1.29 is 22.7 Å². The van der Waals surface area contributed by atoms with Crippen molar-refractivity contribution in [3.05, 3.63) is 24.3 Å². The number of rotatable bonds is 9. The lowest BCUT2D eigenvalue weighted by molar-refractivity contribution is -0.120. The lowest BCUT2D eigenvalue weighted by Gasteiger charge is -2.31. The number of piperidine rings is 1. The summed E-state index contributed by atoms with van der Waals surface area (Å²) in [7, 11) is -1.65. The van der Waals surface area contributed by atoms with Gasteiger partial charge in [0.1, 0.15) is 12.4 Å². The third-order valence-corrected chi connectivity index (χ3v) is 6.33. The first-order chi connectivity index (χ1) is 12.5. The summed E-state index contributed by atoms with van der Waals surface area (Å²) in [6.07, 6.45) is 1.98. The van der Waals surface area contributed by atoms with Crippen LogP contribution in [0.4, 0.5) is 5.69 Å². The van der Waals surface area contributed by atoms with E-state index in [1.54, 1.807) is 31.4 Å². The van der Waals surface area contributed by atoms with Gasteiger partial charge in [0.15, 0.2) is 0 Å². The molecule has 1 saturated heterocycles. The average molecular weight is 384 g/mol. The number of carbonyl (C=O) groups excluding carboxylic acids is 1. The Balaban J connectivity index is 1.90. The number of nitrogens with zero attached hydrogens (tertiary/aromatic N) is 1. The van der Waals surface area contributed by atoms with Gasteiger partial charge in [0.05, 0.1) is 18.3 Å². The van der Waals surface area contributed by atoms with Gasteiger partial charge in [-0.2, -0.15) is 0 Å². The molecule has 1 amide bonds. The molecule has 0 spiro atoms. The number of ether oxygens (including phenoxy) is 2. The Kier molecular flexibility index (Phi) is 7.86. The largest absolute Gasteiger partial charge is 0.491 e. The average Bonchev–Trinajstić information content (AvgIpc) is 2.63. The maximum Gasteiger partial charge on any atom is 0.228 e. The van der Waals surface area contributed by atoms with Gasteiger partial charge in [0.25, 0.3) is 0 Å². The summed E-state index contributed by atoms with van der Waals surface area (Å²) < 4.78 is 36.3. The van der Waals surface area contributed by atoms with E-state index in [9.17, 15) is 13.2 Å². The van der Waals surface area contributed by atoms with E-state index in [-0.39, 0.29) is 24.1 Å². The predicted molar refractivity (Wildman–Crippen MR) is 101 cm³/mol. The SMILES string of the molecule is CCCS(=O)(=O)N1CCCC(C(=O)Nc2ccc(OCCOC)cc2)C1. The van der Waals surface area contributed by atoms with Crippen molar-refractivity contribution in [3.8, 4) is 5.75 Å². The Morgan fingerprint density at radius 2 is 2.00 bits per heavy atom. The summed E-state index contributed by atoms with van der Waals surface area (Å²) >= 11 is 0. The van der Waals surface area contributed by atoms with Crippen LogP contribution >= 0.6 is 0 Å². The van der Waals surface area contributed by atoms with Gasteiger partial charge in [0.2, 0.25) is 15.9 Å². The van der Waals surface area contributed by atoms with E-state index < -0.39 is 10.0 Å². The maximum atomic E-state index is 12.5. The van der Waals surface area contributed by atoms with Crippen molar-refractivity contribution in [2.45, 2.75) is 26.2 Å². The van der Waals surface area contributed by atoms with Crippen LogP contribution in [-0.4, -0.2) is 57.8 Å². The Morgan fingerprint density at radius 3 is 2.65 bits per heavy atom. The predicted octanol–water partition coefficient (Wildman–Crippen LogP) is 2.10. The van der Waals surface area contributed by atoms with Crippen LogP contribution in [0.1, 0.15) is 26.2 Å².